The Bertz CT molecular complexity index is 534. The van der Waals surface area contributed by atoms with E-state index < -0.39 is 6.10 Å². The number of aromatic nitrogens is 2. The first-order valence-corrected chi connectivity index (χ1v) is 6.15. The number of aliphatic hydroxyl groups is 1. The molecule has 2 rings (SSSR count). The van der Waals surface area contributed by atoms with Gasteiger partial charge in [0.2, 0.25) is 0 Å². The van der Waals surface area contributed by atoms with Crippen molar-refractivity contribution in [1.29, 1.82) is 0 Å². The fraction of sp³-hybridized carbons (Fsp3) is 0.308. The Kier molecular flexibility index (Phi) is 3.59. The van der Waals surface area contributed by atoms with Crippen LogP contribution in [0.25, 0.3) is 0 Å². The second kappa shape index (κ2) is 5.00. The Morgan fingerprint density at radius 1 is 1.28 bits per heavy atom. The summed E-state index contributed by atoms with van der Waals surface area (Å²) in [4.78, 5) is 0. The van der Waals surface area contributed by atoms with Gasteiger partial charge in [0, 0.05) is 11.7 Å². The van der Waals surface area contributed by atoms with Crippen LogP contribution in [-0.4, -0.2) is 14.9 Å². The van der Waals surface area contributed by atoms with Crippen molar-refractivity contribution in [3.05, 3.63) is 46.7 Å². The number of halogens is 1. The second-order valence-corrected chi connectivity index (χ2v) is 4.89. The Balaban J connectivity index is 2.42. The minimum atomic E-state index is -0.803. The van der Waals surface area contributed by atoms with Gasteiger partial charge in [0.1, 0.15) is 6.10 Å². The van der Waals surface area contributed by atoms with Crippen molar-refractivity contribution in [3.8, 4) is 0 Å². The number of benzene rings is 1. The quantitative estimate of drug-likeness (QED) is 0.839. The molecular weight excluding hydrogens is 250 g/mol. The molecule has 1 aromatic carbocycles. The second-order valence-electron chi connectivity index (χ2n) is 4.49. The number of nitrogens with two attached hydrogens (primary N) is 1. The molecule has 18 heavy (non-hydrogen) atoms. The van der Waals surface area contributed by atoms with Gasteiger partial charge >= 0.3 is 0 Å². The zero-order valence-corrected chi connectivity index (χ0v) is 11.1. The molecule has 0 amide bonds. The van der Waals surface area contributed by atoms with Gasteiger partial charge in [-0.05, 0) is 31.5 Å². The van der Waals surface area contributed by atoms with Crippen LogP contribution in [0, 0.1) is 0 Å². The molecule has 1 atom stereocenters. The average molecular weight is 266 g/mol. The third-order valence-electron chi connectivity index (χ3n) is 2.79. The van der Waals surface area contributed by atoms with Gasteiger partial charge in [-0.25, -0.2) is 0 Å². The molecule has 0 spiro atoms. The molecule has 1 heterocycles. The first-order valence-electron chi connectivity index (χ1n) is 5.77. The lowest BCUT2D eigenvalue weighted by Gasteiger charge is -2.17. The van der Waals surface area contributed by atoms with Crippen LogP contribution in [0.4, 0.5) is 5.69 Å². The van der Waals surface area contributed by atoms with E-state index in [0.29, 0.717) is 16.4 Å². The van der Waals surface area contributed by atoms with Gasteiger partial charge in [-0.1, -0.05) is 23.7 Å². The predicted molar refractivity (Wildman–Crippen MR) is 72.5 cm³/mol. The normalized spacial score (nSPS) is 12.9. The molecule has 0 saturated carbocycles. The highest BCUT2D eigenvalue weighted by Gasteiger charge is 2.21. The number of rotatable bonds is 3. The third kappa shape index (κ3) is 2.35. The lowest BCUT2D eigenvalue weighted by atomic mass is 10.1. The fourth-order valence-electron chi connectivity index (χ4n) is 1.85. The minimum absolute atomic E-state index is 0.135. The number of aliphatic hydroxyl groups excluding tert-OH is 1. The molecule has 0 radical (unpaired) electrons. The lowest BCUT2D eigenvalue weighted by molar-refractivity contribution is 0.205. The van der Waals surface area contributed by atoms with Crippen molar-refractivity contribution in [1.82, 2.24) is 9.78 Å². The van der Waals surface area contributed by atoms with Gasteiger partial charge in [0.15, 0.2) is 0 Å². The van der Waals surface area contributed by atoms with E-state index in [1.807, 2.05) is 13.8 Å². The summed E-state index contributed by atoms with van der Waals surface area (Å²) in [5.74, 6) is 0. The monoisotopic (exact) mass is 265 g/mol. The highest BCUT2D eigenvalue weighted by molar-refractivity contribution is 6.31. The Morgan fingerprint density at radius 2 is 1.89 bits per heavy atom. The summed E-state index contributed by atoms with van der Waals surface area (Å²) in [7, 11) is 0. The van der Waals surface area contributed by atoms with Crippen LogP contribution in [0.15, 0.2) is 30.5 Å². The highest BCUT2D eigenvalue weighted by atomic mass is 35.5. The number of nitrogen functional groups attached to an aromatic ring is 1. The van der Waals surface area contributed by atoms with E-state index >= 15 is 0 Å². The van der Waals surface area contributed by atoms with Gasteiger partial charge in [-0.15, -0.1) is 0 Å². The van der Waals surface area contributed by atoms with Crippen LogP contribution < -0.4 is 5.73 Å². The standard InChI is InChI=1S/C13H16ClN3O/c1-8(2)17-12(11(14)7-16-17)13(18)9-3-5-10(15)6-4-9/h3-8,13,18H,15H2,1-2H3. The summed E-state index contributed by atoms with van der Waals surface area (Å²) in [6.45, 7) is 3.98. The molecule has 3 N–H and O–H groups in total. The largest absolute Gasteiger partial charge is 0.399 e. The fourth-order valence-corrected chi connectivity index (χ4v) is 2.09. The third-order valence-corrected chi connectivity index (χ3v) is 3.08. The molecule has 0 bridgehead atoms. The van der Waals surface area contributed by atoms with E-state index in [2.05, 4.69) is 5.10 Å². The summed E-state index contributed by atoms with van der Waals surface area (Å²) >= 11 is 6.10. The average Bonchev–Trinajstić information content (AvgIpc) is 2.71. The molecule has 0 aliphatic rings. The van der Waals surface area contributed by atoms with Gasteiger partial charge in [0.25, 0.3) is 0 Å². The first-order chi connectivity index (χ1) is 8.50. The van der Waals surface area contributed by atoms with E-state index in [9.17, 15) is 5.11 Å². The van der Waals surface area contributed by atoms with Gasteiger partial charge in [-0.2, -0.15) is 5.10 Å². The molecule has 0 saturated heterocycles. The van der Waals surface area contributed by atoms with E-state index in [-0.39, 0.29) is 6.04 Å². The van der Waals surface area contributed by atoms with E-state index in [4.69, 9.17) is 17.3 Å². The van der Waals surface area contributed by atoms with Crippen molar-refractivity contribution in [2.24, 2.45) is 0 Å². The number of hydrogen-bond acceptors (Lipinski definition) is 3. The lowest BCUT2D eigenvalue weighted by Crippen LogP contribution is -2.12. The molecule has 0 fully saturated rings. The van der Waals surface area contributed by atoms with Gasteiger partial charge in [-0.3, -0.25) is 4.68 Å². The van der Waals surface area contributed by atoms with E-state index in [1.165, 1.54) is 0 Å². The molecule has 1 aromatic heterocycles. The van der Waals surface area contributed by atoms with Gasteiger partial charge < -0.3 is 10.8 Å². The van der Waals surface area contributed by atoms with Crippen LogP contribution in [-0.2, 0) is 0 Å². The molecule has 0 aliphatic carbocycles. The number of anilines is 1. The van der Waals surface area contributed by atoms with Crippen molar-refractivity contribution < 1.29 is 5.11 Å². The SMILES string of the molecule is CC(C)n1ncc(Cl)c1C(O)c1ccc(N)cc1. The maximum absolute atomic E-state index is 10.4. The molecular formula is C13H16ClN3O. The molecule has 5 heteroatoms. The van der Waals surface area contributed by atoms with Crippen LogP contribution in [0.3, 0.4) is 0 Å². The summed E-state index contributed by atoms with van der Waals surface area (Å²) < 4.78 is 1.73. The van der Waals surface area contributed by atoms with Crippen LogP contribution in [0.1, 0.15) is 37.3 Å². The number of hydrogen-bond donors (Lipinski definition) is 2. The molecule has 1 unspecified atom stereocenters. The number of nitrogens with zero attached hydrogens (tertiary/aromatic N) is 2. The highest BCUT2D eigenvalue weighted by Crippen LogP contribution is 2.30. The Labute approximate surface area is 111 Å². The van der Waals surface area contributed by atoms with Crippen LogP contribution >= 0.6 is 11.6 Å². The Hall–Kier alpha value is -1.52. The van der Waals surface area contributed by atoms with Crippen molar-refractivity contribution >= 4 is 17.3 Å². The first kappa shape index (κ1) is 12.9. The molecule has 4 nitrogen and oxygen atoms in total. The summed E-state index contributed by atoms with van der Waals surface area (Å²) in [6.07, 6.45) is 0.750. The van der Waals surface area contributed by atoms with Crippen molar-refractivity contribution in [3.63, 3.8) is 0 Å². The van der Waals surface area contributed by atoms with Crippen molar-refractivity contribution in [2.75, 3.05) is 5.73 Å². The zero-order chi connectivity index (χ0) is 13.3. The minimum Gasteiger partial charge on any atom is -0.399 e. The molecule has 2 aromatic rings. The van der Waals surface area contributed by atoms with Crippen LogP contribution in [0.2, 0.25) is 5.02 Å². The van der Waals surface area contributed by atoms with Crippen molar-refractivity contribution in [2.45, 2.75) is 26.0 Å². The van der Waals surface area contributed by atoms with E-state index in [1.54, 1.807) is 35.1 Å². The summed E-state index contributed by atoms with van der Waals surface area (Å²) in [6, 6.07) is 7.21. The Morgan fingerprint density at radius 3 is 2.44 bits per heavy atom. The molecule has 0 aliphatic heterocycles. The topological polar surface area (TPSA) is 64.1 Å². The molecule has 96 valence electrons. The maximum Gasteiger partial charge on any atom is 0.122 e. The zero-order valence-electron chi connectivity index (χ0n) is 10.3. The van der Waals surface area contributed by atoms with Crippen LogP contribution in [0.5, 0.6) is 0 Å². The maximum atomic E-state index is 10.4. The predicted octanol–water partition coefficient (Wildman–Crippen LogP) is 2.78. The summed E-state index contributed by atoms with van der Waals surface area (Å²) in [5, 5.41) is 15.0. The van der Waals surface area contributed by atoms with Gasteiger partial charge in [0.05, 0.1) is 16.9 Å². The smallest absolute Gasteiger partial charge is 0.122 e. The summed E-state index contributed by atoms with van der Waals surface area (Å²) in [5.41, 5.74) is 7.64. The van der Waals surface area contributed by atoms with E-state index in [0.717, 1.165) is 5.56 Å².